The molecule has 6 nitrogen and oxygen atoms in total. The highest BCUT2D eigenvalue weighted by Crippen LogP contribution is 2.39. The van der Waals surface area contributed by atoms with Gasteiger partial charge in [-0.1, -0.05) is 19.3 Å². The third kappa shape index (κ3) is 6.03. The number of aliphatic hydroxyl groups excluding tert-OH is 1. The third-order valence-corrected chi connectivity index (χ3v) is 4.84. The molecule has 2 rings (SSSR count). The Kier molecular flexibility index (Phi) is 8.72. The van der Waals surface area contributed by atoms with E-state index in [-0.39, 0.29) is 18.4 Å². The van der Waals surface area contributed by atoms with E-state index >= 15 is 0 Å². The molecule has 2 N–H and O–H groups in total. The number of aliphatic hydroxyl groups is 1. The lowest BCUT2D eigenvalue weighted by Crippen LogP contribution is -2.37. The maximum atomic E-state index is 12.6. The van der Waals surface area contributed by atoms with Crippen molar-refractivity contribution in [2.75, 3.05) is 26.4 Å². The van der Waals surface area contributed by atoms with Crippen LogP contribution in [0.3, 0.4) is 0 Å². The zero-order chi connectivity index (χ0) is 19.6. The molecule has 1 aromatic carbocycles. The zero-order valence-electron chi connectivity index (χ0n) is 16.8. The number of hydrogen-bond acceptors (Lipinski definition) is 5. The highest BCUT2D eigenvalue weighted by atomic mass is 16.5. The molecule has 152 valence electrons. The van der Waals surface area contributed by atoms with Crippen LogP contribution in [0.1, 0.15) is 63.2 Å². The summed E-state index contributed by atoms with van der Waals surface area (Å²) >= 11 is 0. The fraction of sp³-hybridized carbons (Fsp3) is 0.667. The standard InChI is InChI=1S/C21H33NO5/c1-4-25-18-12-16(13-19(26-5-2)20(18)27-6-3)21(24)22-14-17(23)15-10-8-7-9-11-15/h12-13,15,17,23H,4-11,14H2,1-3H3,(H,22,24). The zero-order valence-corrected chi connectivity index (χ0v) is 16.8. The van der Waals surface area contributed by atoms with E-state index in [0.29, 0.717) is 42.6 Å². The number of benzene rings is 1. The van der Waals surface area contributed by atoms with Crippen LogP contribution in [0, 0.1) is 5.92 Å². The minimum atomic E-state index is -0.505. The molecule has 0 bridgehead atoms. The van der Waals surface area contributed by atoms with Crippen LogP contribution in [0.15, 0.2) is 12.1 Å². The monoisotopic (exact) mass is 379 g/mol. The van der Waals surface area contributed by atoms with Crippen LogP contribution in [-0.4, -0.2) is 43.5 Å². The molecule has 1 amide bonds. The maximum absolute atomic E-state index is 12.6. The Morgan fingerprint density at radius 1 is 1.04 bits per heavy atom. The molecule has 0 aliphatic heterocycles. The van der Waals surface area contributed by atoms with E-state index in [2.05, 4.69) is 5.32 Å². The van der Waals surface area contributed by atoms with Crippen LogP contribution < -0.4 is 19.5 Å². The van der Waals surface area contributed by atoms with Gasteiger partial charge in [0.15, 0.2) is 11.5 Å². The highest BCUT2D eigenvalue weighted by molar-refractivity contribution is 5.95. The largest absolute Gasteiger partial charge is 0.490 e. The Balaban J connectivity index is 2.11. The summed E-state index contributed by atoms with van der Waals surface area (Å²) in [6.07, 6.45) is 5.11. The predicted octanol–water partition coefficient (Wildman–Crippen LogP) is 3.55. The van der Waals surface area contributed by atoms with Gasteiger partial charge >= 0.3 is 0 Å². The van der Waals surface area contributed by atoms with Gasteiger partial charge in [-0.25, -0.2) is 0 Å². The van der Waals surface area contributed by atoms with Crippen molar-refractivity contribution in [1.29, 1.82) is 0 Å². The van der Waals surface area contributed by atoms with E-state index in [4.69, 9.17) is 14.2 Å². The van der Waals surface area contributed by atoms with Gasteiger partial charge in [0, 0.05) is 12.1 Å². The summed E-state index contributed by atoms with van der Waals surface area (Å²) in [5.41, 5.74) is 0.432. The molecule has 1 fully saturated rings. The maximum Gasteiger partial charge on any atom is 0.251 e. The lowest BCUT2D eigenvalue weighted by molar-refractivity contribution is 0.0738. The molecule has 1 atom stereocenters. The summed E-state index contributed by atoms with van der Waals surface area (Å²) in [6.45, 7) is 7.28. The molecule has 27 heavy (non-hydrogen) atoms. The van der Waals surface area contributed by atoms with Gasteiger partial charge in [-0.3, -0.25) is 4.79 Å². The van der Waals surface area contributed by atoms with E-state index in [0.717, 1.165) is 25.7 Å². The molecule has 1 aliphatic rings. The first kappa shape index (κ1) is 21.4. The number of rotatable bonds is 10. The van der Waals surface area contributed by atoms with Gasteiger partial charge in [0.05, 0.1) is 25.9 Å². The first-order valence-corrected chi connectivity index (χ1v) is 10.1. The van der Waals surface area contributed by atoms with E-state index in [9.17, 15) is 9.90 Å². The molecule has 6 heteroatoms. The minimum Gasteiger partial charge on any atom is -0.490 e. The molecular weight excluding hydrogens is 346 g/mol. The predicted molar refractivity (Wildman–Crippen MR) is 105 cm³/mol. The molecule has 1 unspecified atom stereocenters. The van der Waals surface area contributed by atoms with Gasteiger partial charge in [0.25, 0.3) is 5.91 Å². The quantitative estimate of drug-likeness (QED) is 0.650. The molecule has 1 aromatic rings. The highest BCUT2D eigenvalue weighted by Gasteiger charge is 2.23. The van der Waals surface area contributed by atoms with Gasteiger partial charge in [0.1, 0.15) is 0 Å². The minimum absolute atomic E-state index is 0.255. The van der Waals surface area contributed by atoms with Crippen LogP contribution in [-0.2, 0) is 0 Å². The van der Waals surface area contributed by atoms with Crippen molar-refractivity contribution in [1.82, 2.24) is 5.32 Å². The normalized spacial score (nSPS) is 15.9. The number of hydrogen-bond donors (Lipinski definition) is 2. The summed E-state index contributed by atoms with van der Waals surface area (Å²) in [5.74, 6) is 1.51. The summed E-state index contributed by atoms with van der Waals surface area (Å²) < 4.78 is 17.0. The average Bonchev–Trinajstić information content (AvgIpc) is 2.69. The Morgan fingerprint density at radius 3 is 2.11 bits per heavy atom. The van der Waals surface area contributed by atoms with E-state index in [1.54, 1.807) is 12.1 Å². The molecule has 0 radical (unpaired) electrons. The number of ether oxygens (including phenoxy) is 3. The van der Waals surface area contributed by atoms with E-state index in [1.807, 2.05) is 20.8 Å². The third-order valence-electron chi connectivity index (χ3n) is 4.84. The van der Waals surface area contributed by atoms with Gasteiger partial charge in [-0.15, -0.1) is 0 Å². The molecule has 1 aliphatic carbocycles. The lowest BCUT2D eigenvalue weighted by atomic mass is 9.85. The Bertz CT molecular complexity index is 571. The van der Waals surface area contributed by atoms with Crippen LogP contribution in [0.2, 0.25) is 0 Å². The molecule has 0 heterocycles. The average molecular weight is 379 g/mol. The second-order valence-corrected chi connectivity index (χ2v) is 6.78. The number of carbonyl (C=O) groups is 1. The molecule has 0 aromatic heterocycles. The fourth-order valence-electron chi connectivity index (χ4n) is 3.50. The van der Waals surface area contributed by atoms with E-state index in [1.165, 1.54) is 6.42 Å². The fourth-order valence-corrected chi connectivity index (χ4v) is 3.50. The van der Waals surface area contributed by atoms with Gasteiger partial charge in [-0.2, -0.15) is 0 Å². The smallest absolute Gasteiger partial charge is 0.251 e. The first-order valence-electron chi connectivity index (χ1n) is 10.1. The van der Waals surface area contributed by atoms with Gasteiger partial charge < -0.3 is 24.6 Å². The van der Waals surface area contributed by atoms with Crippen molar-refractivity contribution in [2.45, 2.75) is 59.0 Å². The number of nitrogens with one attached hydrogen (secondary N) is 1. The van der Waals surface area contributed by atoms with Crippen LogP contribution in [0.25, 0.3) is 0 Å². The van der Waals surface area contributed by atoms with Gasteiger partial charge in [-0.05, 0) is 51.7 Å². The Labute approximate surface area is 162 Å². The van der Waals surface area contributed by atoms with Crippen LogP contribution in [0.4, 0.5) is 0 Å². The van der Waals surface area contributed by atoms with E-state index < -0.39 is 6.10 Å². The lowest BCUT2D eigenvalue weighted by Gasteiger charge is -2.26. The molecule has 0 saturated heterocycles. The van der Waals surface area contributed by atoms with Crippen molar-refractivity contribution in [3.8, 4) is 17.2 Å². The topological polar surface area (TPSA) is 77.0 Å². The van der Waals surface area contributed by atoms with Crippen molar-refractivity contribution in [3.05, 3.63) is 17.7 Å². The summed E-state index contributed by atoms with van der Waals surface area (Å²) in [4.78, 5) is 12.6. The SMILES string of the molecule is CCOc1cc(C(=O)NCC(O)C2CCCCC2)cc(OCC)c1OCC. The Hall–Kier alpha value is -1.95. The molecule has 0 spiro atoms. The summed E-state index contributed by atoms with van der Waals surface area (Å²) in [7, 11) is 0. The molecular formula is C21H33NO5. The van der Waals surface area contributed by atoms with Crippen molar-refractivity contribution < 1.29 is 24.1 Å². The van der Waals surface area contributed by atoms with Crippen molar-refractivity contribution >= 4 is 5.91 Å². The van der Waals surface area contributed by atoms with Crippen LogP contribution >= 0.6 is 0 Å². The molecule has 1 saturated carbocycles. The number of amides is 1. The summed E-state index contributed by atoms with van der Waals surface area (Å²) in [6, 6.07) is 3.33. The van der Waals surface area contributed by atoms with Crippen molar-refractivity contribution in [3.63, 3.8) is 0 Å². The van der Waals surface area contributed by atoms with Gasteiger partial charge in [0.2, 0.25) is 5.75 Å². The summed E-state index contributed by atoms with van der Waals surface area (Å²) in [5, 5.41) is 13.2. The number of carbonyl (C=O) groups excluding carboxylic acids is 1. The van der Waals surface area contributed by atoms with Crippen molar-refractivity contribution in [2.24, 2.45) is 5.92 Å². The Morgan fingerprint density at radius 2 is 1.59 bits per heavy atom. The first-order chi connectivity index (χ1) is 13.1. The second kappa shape index (κ2) is 11.0. The van der Waals surface area contributed by atoms with Crippen LogP contribution in [0.5, 0.6) is 17.2 Å². The second-order valence-electron chi connectivity index (χ2n) is 6.78.